The molecule has 0 nitrogen and oxygen atoms in total. The van der Waals surface area contributed by atoms with Crippen LogP contribution >= 0.6 is 23.6 Å². The molecule has 1 aromatic rings. The van der Waals surface area contributed by atoms with Crippen LogP contribution in [0.25, 0.3) is 0 Å². The molecule has 0 atom stereocenters. The third-order valence-electron chi connectivity index (χ3n) is 3.50. The Morgan fingerprint density at radius 3 is 1.68 bits per heavy atom. The maximum Gasteiger partial charge on any atom is 0.0936 e. The molecule has 1 heterocycles. The van der Waals surface area contributed by atoms with E-state index in [9.17, 15) is 0 Å². The molecule has 0 radical (unpaired) electrons. The summed E-state index contributed by atoms with van der Waals surface area (Å²) >= 11 is 7.57. The minimum absolute atomic E-state index is 1.16. The molecule has 0 aliphatic rings. The predicted octanol–water partition coefficient (Wildman–Crippen LogP) is 6.29. The van der Waals surface area contributed by atoms with Gasteiger partial charge < -0.3 is 0 Å². The second-order valence-corrected chi connectivity index (χ2v) is 7.02. The van der Waals surface area contributed by atoms with Gasteiger partial charge in [0.1, 0.15) is 0 Å². The molecule has 0 aliphatic heterocycles. The minimum Gasteiger partial charge on any atom is -0.128 e. The van der Waals surface area contributed by atoms with Gasteiger partial charge in [0.25, 0.3) is 0 Å². The summed E-state index contributed by atoms with van der Waals surface area (Å²) in [6, 6.07) is 0. The van der Waals surface area contributed by atoms with Crippen LogP contribution in [0, 0.1) is 3.82 Å². The molecule has 0 bridgehead atoms. The van der Waals surface area contributed by atoms with Gasteiger partial charge >= 0.3 is 0 Å². The van der Waals surface area contributed by atoms with E-state index < -0.39 is 0 Å². The zero-order chi connectivity index (χ0) is 14.3. The summed E-state index contributed by atoms with van der Waals surface area (Å²) in [6.45, 7) is 9.10. The zero-order valence-corrected chi connectivity index (χ0v) is 14.6. The van der Waals surface area contributed by atoms with E-state index in [1.165, 1.54) is 50.5 Å². The van der Waals surface area contributed by atoms with Crippen molar-refractivity contribution in [1.82, 2.24) is 0 Å². The van der Waals surface area contributed by atoms with Gasteiger partial charge in [0.2, 0.25) is 0 Å². The summed E-state index contributed by atoms with van der Waals surface area (Å²) in [7, 11) is 0. The van der Waals surface area contributed by atoms with Crippen molar-refractivity contribution < 1.29 is 0 Å². The molecule has 0 aliphatic carbocycles. The quantitative estimate of drug-likeness (QED) is 0.508. The predicted molar refractivity (Wildman–Crippen MR) is 91.1 cm³/mol. The summed E-state index contributed by atoms with van der Waals surface area (Å²) < 4.78 is 1.16. The molecule has 1 rings (SSSR count). The van der Waals surface area contributed by atoms with Gasteiger partial charge in [-0.15, -0.1) is 11.3 Å². The van der Waals surface area contributed by atoms with Gasteiger partial charge in [-0.3, -0.25) is 0 Å². The van der Waals surface area contributed by atoms with Gasteiger partial charge in [-0.05, 0) is 42.4 Å². The Hall–Kier alpha value is -0.210. The second kappa shape index (κ2) is 8.86. The van der Waals surface area contributed by atoms with Crippen LogP contribution in [-0.2, 0) is 25.7 Å². The Bertz CT molecular complexity index is 443. The lowest BCUT2D eigenvalue weighted by molar-refractivity contribution is 0.811. The summed E-state index contributed by atoms with van der Waals surface area (Å²) in [5.74, 6) is 0. The topological polar surface area (TPSA) is 0 Å². The van der Waals surface area contributed by atoms with Crippen molar-refractivity contribution in [1.29, 1.82) is 0 Å². The van der Waals surface area contributed by atoms with Crippen LogP contribution in [0.2, 0.25) is 0 Å². The molecule has 0 fully saturated rings. The van der Waals surface area contributed by atoms with E-state index >= 15 is 0 Å². The molecule has 0 saturated heterocycles. The summed E-state index contributed by atoms with van der Waals surface area (Å²) in [5.41, 5.74) is 4.75. The Morgan fingerprint density at radius 2 is 1.16 bits per heavy atom. The SMILES string of the molecule is CCCc1sc(=S)c(CCC)c(CCC)c1CCC. The summed E-state index contributed by atoms with van der Waals surface area (Å²) in [5, 5.41) is 0. The largest absolute Gasteiger partial charge is 0.128 e. The molecule has 0 saturated carbocycles. The first-order valence-corrected chi connectivity index (χ1v) is 9.08. The second-order valence-electron chi connectivity index (χ2n) is 5.25. The normalized spacial score (nSPS) is 10.9. The lowest BCUT2D eigenvalue weighted by Crippen LogP contribution is -2.04. The van der Waals surface area contributed by atoms with Crippen molar-refractivity contribution in [3.05, 3.63) is 25.4 Å². The van der Waals surface area contributed by atoms with Crippen LogP contribution in [0.4, 0.5) is 0 Å². The number of aryl methyl sites for hydroxylation is 1. The molecule has 0 unspecified atom stereocenters. The molecule has 0 N–H and O–H groups in total. The highest BCUT2D eigenvalue weighted by Crippen LogP contribution is 2.30. The Balaban J connectivity index is 3.40. The van der Waals surface area contributed by atoms with Gasteiger partial charge in [0, 0.05) is 4.88 Å². The number of rotatable bonds is 8. The fourth-order valence-corrected chi connectivity index (χ4v) is 4.49. The van der Waals surface area contributed by atoms with Crippen molar-refractivity contribution in [2.45, 2.75) is 79.1 Å². The molecule has 1 aromatic heterocycles. The van der Waals surface area contributed by atoms with Crippen LogP contribution in [0.5, 0.6) is 0 Å². The molecular formula is C17H28S2. The van der Waals surface area contributed by atoms with Crippen molar-refractivity contribution in [2.24, 2.45) is 0 Å². The fourth-order valence-electron chi connectivity index (χ4n) is 2.73. The highest BCUT2D eigenvalue weighted by atomic mass is 32.1. The van der Waals surface area contributed by atoms with E-state index in [0.717, 1.165) is 10.2 Å². The first-order valence-electron chi connectivity index (χ1n) is 7.86. The monoisotopic (exact) mass is 296 g/mol. The average Bonchev–Trinajstić information content (AvgIpc) is 2.38. The van der Waals surface area contributed by atoms with Crippen molar-refractivity contribution in [3.63, 3.8) is 0 Å². The first-order chi connectivity index (χ1) is 9.19. The lowest BCUT2D eigenvalue weighted by atomic mass is 9.94. The zero-order valence-electron chi connectivity index (χ0n) is 13.0. The average molecular weight is 297 g/mol. The Labute approximate surface area is 128 Å². The van der Waals surface area contributed by atoms with E-state index in [-0.39, 0.29) is 0 Å². The van der Waals surface area contributed by atoms with E-state index in [0.29, 0.717) is 0 Å². The van der Waals surface area contributed by atoms with Gasteiger partial charge in [-0.2, -0.15) is 0 Å². The van der Waals surface area contributed by atoms with Crippen LogP contribution in [-0.4, -0.2) is 0 Å². The highest BCUT2D eigenvalue weighted by Gasteiger charge is 2.14. The summed E-state index contributed by atoms with van der Waals surface area (Å²) in [4.78, 5) is 1.57. The van der Waals surface area contributed by atoms with Gasteiger partial charge in [-0.25, -0.2) is 0 Å². The van der Waals surface area contributed by atoms with E-state index in [2.05, 4.69) is 27.7 Å². The number of hydrogen-bond donors (Lipinski definition) is 0. The maximum atomic E-state index is 5.68. The molecule has 0 aromatic carbocycles. The first kappa shape index (κ1) is 16.8. The molecule has 2 heteroatoms. The van der Waals surface area contributed by atoms with Gasteiger partial charge in [-0.1, -0.05) is 65.6 Å². The Kier molecular flexibility index (Phi) is 7.86. The van der Waals surface area contributed by atoms with Crippen LogP contribution in [0.15, 0.2) is 0 Å². The lowest BCUT2D eigenvalue weighted by Gasteiger charge is -2.18. The smallest absolute Gasteiger partial charge is 0.0936 e. The standard InChI is InChI=1S/C17H28S2/c1-5-9-13-14(10-6-2)16(12-8-4)19-17(18)15(13)11-7-3/h5-12H2,1-4H3. The summed E-state index contributed by atoms with van der Waals surface area (Å²) in [6.07, 6.45) is 9.68. The number of hydrogen-bond acceptors (Lipinski definition) is 2. The van der Waals surface area contributed by atoms with Crippen molar-refractivity contribution in [3.8, 4) is 0 Å². The van der Waals surface area contributed by atoms with E-state index in [4.69, 9.17) is 12.2 Å². The molecule has 108 valence electrons. The third-order valence-corrected chi connectivity index (χ3v) is 5.13. The van der Waals surface area contributed by atoms with Crippen molar-refractivity contribution in [2.75, 3.05) is 0 Å². The molecular weight excluding hydrogens is 268 g/mol. The minimum atomic E-state index is 1.16. The van der Waals surface area contributed by atoms with Crippen LogP contribution in [0.3, 0.4) is 0 Å². The van der Waals surface area contributed by atoms with Crippen LogP contribution in [0.1, 0.15) is 74.9 Å². The van der Waals surface area contributed by atoms with E-state index in [1.807, 2.05) is 11.3 Å². The highest BCUT2D eigenvalue weighted by molar-refractivity contribution is 7.73. The van der Waals surface area contributed by atoms with Gasteiger partial charge in [0.05, 0.1) is 3.82 Å². The fraction of sp³-hybridized carbons (Fsp3) is 0.706. The molecule has 0 amide bonds. The maximum absolute atomic E-state index is 5.68. The third kappa shape index (κ3) is 4.39. The molecule has 0 spiro atoms. The Morgan fingerprint density at radius 1 is 0.684 bits per heavy atom. The molecule has 19 heavy (non-hydrogen) atoms. The van der Waals surface area contributed by atoms with Crippen molar-refractivity contribution >= 4 is 23.6 Å². The van der Waals surface area contributed by atoms with Crippen LogP contribution < -0.4 is 0 Å². The van der Waals surface area contributed by atoms with E-state index in [1.54, 1.807) is 16.0 Å². The van der Waals surface area contributed by atoms with Gasteiger partial charge in [0.15, 0.2) is 0 Å².